The van der Waals surface area contributed by atoms with Crippen LogP contribution in [0.3, 0.4) is 0 Å². The van der Waals surface area contributed by atoms with Crippen LogP contribution >= 0.6 is 0 Å². The summed E-state index contributed by atoms with van der Waals surface area (Å²) in [4.78, 5) is 42.1. The van der Waals surface area contributed by atoms with Crippen molar-refractivity contribution in [3.63, 3.8) is 0 Å². The molecular weight excluding hydrogens is 1240 g/mol. The molecule has 29 heteroatoms. The summed E-state index contributed by atoms with van der Waals surface area (Å²) in [7, 11) is 0. The minimum Gasteiger partial charge on any atom is -0.457 e. The van der Waals surface area contributed by atoms with E-state index in [1.165, 1.54) is 34.6 Å². The van der Waals surface area contributed by atoms with E-state index in [-0.39, 0.29) is 36.5 Å². The van der Waals surface area contributed by atoms with Gasteiger partial charge in [0.1, 0.15) is 78.7 Å². The van der Waals surface area contributed by atoms with E-state index in [1.54, 1.807) is 0 Å². The first-order valence-electron chi connectivity index (χ1n) is 33.4. The van der Waals surface area contributed by atoms with E-state index >= 15 is 4.79 Å². The molecule has 4 saturated carbocycles. The Morgan fingerprint density at radius 2 is 1.13 bits per heavy atom. The number of hydrogen-bond acceptors (Lipinski definition) is 29. The highest BCUT2D eigenvalue weighted by Gasteiger charge is 2.73. The number of ether oxygens (including phenoxy) is 12. The number of allylic oxidation sites excluding steroid dienone is 2. The number of esters is 3. The summed E-state index contributed by atoms with van der Waals surface area (Å²) in [6.45, 7) is 19.8. The van der Waals surface area contributed by atoms with Gasteiger partial charge >= 0.3 is 17.9 Å². The van der Waals surface area contributed by atoms with Gasteiger partial charge in [0, 0.05) is 12.3 Å². The molecule has 0 bridgehead atoms. The van der Waals surface area contributed by atoms with Crippen molar-refractivity contribution in [2.24, 2.45) is 50.2 Å². The van der Waals surface area contributed by atoms with Gasteiger partial charge in [0.15, 0.2) is 43.5 Å². The summed E-state index contributed by atoms with van der Waals surface area (Å²) in [5, 5.41) is 158. The van der Waals surface area contributed by atoms with Crippen LogP contribution in [0.15, 0.2) is 11.6 Å². The molecule has 5 aliphatic heterocycles. The fraction of sp³-hybridized carbons (Fsp3) is 0.923. The van der Waals surface area contributed by atoms with E-state index in [0.717, 1.165) is 12.5 Å². The molecule has 5 heterocycles. The number of aliphatic hydroxyl groups excluding tert-OH is 14. The molecule has 0 aromatic heterocycles. The lowest BCUT2D eigenvalue weighted by Gasteiger charge is -2.72. The lowest BCUT2D eigenvalue weighted by Crippen LogP contribution is -2.70. The van der Waals surface area contributed by atoms with Gasteiger partial charge in [0.05, 0.1) is 68.5 Å². The Morgan fingerprint density at radius 1 is 0.564 bits per heavy atom. The molecule has 9 fully saturated rings. The third-order valence-corrected chi connectivity index (χ3v) is 24.1. The Balaban J connectivity index is 0.922. The molecule has 94 heavy (non-hydrogen) atoms. The van der Waals surface area contributed by atoms with Crippen LogP contribution in [0.25, 0.3) is 0 Å². The first kappa shape index (κ1) is 73.9. The highest BCUT2D eigenvalue weighted by Crippen LogP contribution is 2.76. The van der Waals surface area contributed by atoms with Gasteiger partial charge in [0.2, 0.25) is 6.29 Å². The van der Waals surface area contributed by atoms with E-state index in [9.17, 15) is 81.1 Å². The molecule has 10 aliphatic rings. The summed E-state index contributed by atoms with van der Waals surface area (Å²) in [6, 6.07) is 0. The van der Waals surface area contributed by atoms with Crippen LogP contribution in [0, 0.1) is 50.2 Å². The van der Waals surface area contributed by atoms with Crippen molar-refractivity contribution < 1.29 is 143 Å². The number of carbonyl (C=O) groups is 3. The van der Waals surface area contributed by atoms with Gasteiger partial charge in [-0.05, 0) is 125 Å². The van der Waals surface area contributed by atoms with Crippen LogP contribution in [0.1, 0.15) is 141 Å². The van der Waals surface area contributed by atoms with Crippen molar-refractivity contribution in [1.29, 1.82) is 0 Å². The maximum absolute atomic E-state index is 15.9. The van der Waals surface area contributed by atoms with Crippen molar-refractivity contribution in [2.45, 2.75) is 313 Å². The van der Waals surface area contributed by atoms with E-state index < -0.39 is 242 Å². The molecular formula is C65H104O29. The molecule has 0 aromatic carbocycles. The minimum atomic E-state index is -1.95. The van der Waals surface area contributed by atoms with Gasteiger partial charge in [-0.15, -0.1) is 0 Å². The van der Waals surface area contributed by atoms with Crippen molar-refractivity contribution in [2.75, 3.05) is 13.2 Å². The molecule has 10 rings (SSSR count). The fourth-order valence-electron chi connectivity index (χ4n) is 18.7. The van der Waals surface area contributed by atoms with E-state index in [4.69, 9.17) is 56.8 Å². The van der Waals surface area contributed by atoms with Crippen LogP contribution in [-0.4, -0.2) is 274 Å². The molecule has 0 radical (unpaired) electrons. The van der Waals surface area contributed by atoms with Gasteiger partial charge in [-0.25, -0.2) is 0 Å². The van der Waals surface area contributed by atoms with Crippen LogP contribution < -0.4 is 0 Å². The molecule has 14 N–H and O–H groups in total. The highest BCUT2D eigenvalue weighted by atomic mass is 16.8. The van der Waals surface area contributed by atoms with Gasteiger partial charge in [-0.3, -0.25) is 14.4 Å². The summed E-state index contributed by atoms with van der Waals surface area (Å²) >= 11 is 0. The standard InChI is InChI=1S/C65H104O29/c1-25(67)19-38(72)89-48-28(4)87-58(52(45(48)79)92-57-51(88-30(6)68)46(80)49(29(5)86-57)90-54-47(81)50(34(70)23-83-54)91-55-43(77)41(75)39(73)26(2)84-55)94-59(82)65-18-17-60(7,8)20-32(65)31-13-14-36-61(9)21-33(69)53(93-56-44(78)42(76)40(74)27(3)85-56)62(10,24-66)35(61)15-16-63(36,11)64(31,12)22-37(65)71/h13,25-29,32-37,39-58,66-67,69-71,73-81H,14-24H2,1-12H3/t25-,26-,27-,28+,29-,32-,33-,34+,35+,36+,37+,39-,40-,41+,42+,43+,44+,45-,46+,47+,48-,49-,50-,51+,52+,53-,54-,55-,56-,57-,58-,61-,62-,63+,64+,65+/m0/s1. The monoisotopic (exact) mass is 1350 g/mol. The summed E-state index contributed by atoms with van der Waals surface area (Å²) in [5.41, 5.74) is -4.19. The molecule has 538 valence electrons. The number of aliphatic hydroxyl groups is 14. The average Bonchev–Trinajstić information content (AvgIpc) is 0.672. The zero-order chi connectivity index (χ0) is 69.2. The van der Waals surface area contributed by atoms with Crippen LogP contribution in [-0.2, 0) is 71.2 Å². The molecule has 5 aliphatic carbocycles. The average molecular weight is 1350 g/mol. The first-order chi connectivity index (χ1) is 43.8. The zero-order valence-electron chi connectivity index (χ0n) is 55.6. The van der Waals surface area contributed by atoms with Gasteiger partial charge in [-0.2, -0.15) is 0 Å². The lowest BCUT2D eigenvalue weighted by atomic mass is 9.33. The normalized spacial score (nSPS) is 52.9. The SMILES string of the molecule is CC(=O)O[C@H]1[C@H](O[C@H]2[C@H](OC(=O)[C@]34CCC(C)(C)C[C@H]3C3=CC[C@@H]5[C@@]6(C)C[C@H](O)[C@H](O[C@@H]7O[C@@H](C)[C@H](O)[C@@H](O)[C@H]7O)[C@@](C)(CO)[C@@H]6CC[C@@]5(C)[C@]3(C)C[C@H]4O)O[C@H](C)[C@H](OC(=O)C[C@H](C)O)[C@@H]2O)O[C@@H](C)[C@H](O[C@@H]2OC[C@@H](O)[C@H](O[C@@H]3O[C@@H](C)[C@H](O)[C@@H](O)[C@H]3O)[C@H]2O)[C@H]1O. The second-order valence-electron chi connectivity index (χ2n) is 30.8. The highest BCUT2D eigenvalue weighted by molar-refractivity contribution is 5.80. The summed E-state index contributed by atoms with van der Waals surface area (Å²) < 4.78 is 72.3. The molecule has 0 amide bonds. The Kier molecular flexibility index (Phi) is 21.5. The van der Waals surface area contributed by atoms with Crippen molar-refractivity contribution >= 4 is 17.9 Å². The Morgan fingerprint density at radius 3 is 1.73 bits per heavy atom. The second kappa shape index (κ2) is 27.3. The Bertz CT molecular complexity index is 2720. The summed E-state index contributed by atoms with van der Waals surface area (Å²) in [6.07, 6.45) is -38.6. The van der Waals surface area contributed by atoms with Crippen molar-refractivity contribution in [3.8, 4) is 0 Å². The van der Waals surface area contributed by atoms with E-state index in [1.807, 2.05) is 6.92 Å². The molecule has 36 atom stereocenters. The maximum atomic E-state index is 15.9. The first-order valence-corrected chi connectivity index (χ1v) is 33.4. The van der Waals surface area contributed by atoms with Crippen molar-refractivity contribution in [3.05, 3.63) is 11.6 Å². The van der Waals surface area contributed by atoms with Gasteiger partial charge in [-0.1, -0.05) is 53.2 Å². The number of carbonyl (C=O) groups excluding carboxylic acids is 3. The lowest BCUT2D eigenvalue weighted by molar-refractivity contribution is -0.380. The second-order valence-corrected chi connectivity index (χ2v) is 30.8. The Labute approximate surface area is 546 Å². The number of hydrogen-bond donors (Lipinski definition) is 14. The molecule has 0 aromatic rings. The summed E-state index contributed by atoms with van der Waals surface area (Å²) in [5.74, 6) is -3.87. The number of rotatable bonds is 15. The Hall–Kier alpha value is -2.77. The van der Waals surface area contributed by atoms with Gasteiger partial charge < -0.3 is 128 Å². The fourth-order valence-corrected chi connectivity index (χ4v) is 18.7. The largest absolute Gasteiger partial charge is 0.457 e. The quantitative estimate of drug-likeness (QED) is 0.0378. The van der Waals surface area contributed by atoms with E-state index in [2.05, 4.69) is 40.7 Å². The molecule has 29 nitrogen and oxygen atoms in total. The van der Waals surface area contributed by atoms with Gasteiger partial charge in [0.25, 0.3) is 0 Å². The molecule has 0 spiro atoms. The van der Waals surface area contributed by atoms with Crippen LogP contribution in [0.2, 0.25) is 0 Å². The molecule has 0 unspecified atom stereocenters. The topological polar surface area (TPSA) is 445 Å². The molecule has 5 saturated heterocycles. The van der Waals surface area contributed by atoms with Crippen LogP contribution in [0.5, 0.6) is 0 Å². The maximum Gasteiger partial charge on any atom is 0.317 e. The smallest absolute Gasteiger partial charge is 0.317 e. The van der Waals surface area contributed by atoms with E-state index in [0.29, 0.717) is 32.1 Å². The third-order valence-electron chi connectivity index (χ3n) is 24.1. The minimum absolute atomic E-state index is 0.0852. The van der Waals surface area contributed by atoms with Crippen LogP contribution in [0.4, 0.5) is 0 Å². The predicted octanol–water partition coefficient (Wildman–Crippen LogP) is -1.65. The van der Waals surface area contributed by atoms with Crippen molar-refractivity contribution in [1.82, 2.24) is 0 Å². The number of fused-ring (bicyclic) bond motifs is 7. The zero-order valence-corrected chi connectivity index (χ0v) is 55.6. The predicted molar refractivity (Wildman–Crippen MR) is 318 cm³/mol. The third kappa shape index (κ3) is 12.8.